The maximum atomic E-state index is 13.3. The number of anilines is 2. The second-order valence-corrected chi connectivity index (χ2v) is 9.33. The third-order valence-electron chi connectivity index (χ3n) is 5.88. The molecule has 0 spiro atoms. The lowest BCUT2D eigenvalue weighted by molar-refractivity contribution is -0.140. The number of aromatic nitrogens is 3. The van der Waals surface area contributed by atoms with E-state index in [2.05, 4.69) is 20.3 Å². The van der Waals surface area contributed by atoms with Gasteiger partial charge in [-0.05, 0) is 39.5 Å². The Morgan fingerprint density at radius 3 is 2.57 bits per heavy atom. The van der Waals surface area contributed by atoms with Crippen molar-refractivity contribution in [3.05, 3.63) is 28.7 Å². The van der Waals surface area contributed by atoms with Crippen LogP contribution in [-0.2, 0) is 9.59 Å². The first kappa shape index (κ1) is 20.7. The zero-order chi connectivity index (χ0) is 21.3. The fraction of sp³-hybridized carbons (Fsp3) is 0.571. The molecule has 2 aliphatic heterocycles. The van der Waals surface area contributed by atoms with Crippen LogP contribution in [0, 0.1) is 19.8 Å². The average Bonchev–Trinajstić information content (AvgIpc) is 3.36. The normalized spacial score (nSPS) is 19.9. The number of nitrogens with zero attached hydrogens (tertiary/aromatic N) is 5. The molecule has 2 fully saturated rings. The van der Waals surface area contributed by atoms with Crippen molar-refractivity contribution in [2.45, 2.75) is 52.5 Å². The van der Waals surface area contributed by atoms with Gasteiger partial charge in [0, 0.05) is 49.6 Å². The average molecular weight is 429 g/mol. The lowest BCUT2D eigenvalue weighted by Gasteiger charge is -2.34. The fourth-order valence-corrected chi connectivity index (χ4v) is 5.03. The summed E-state index contributed by atoms with van der Waals surface area (Å²) in [7, 11) is 0. The highest BCUT2D eigenvalue weighted by molar-refractivity contribution is 7.15. The number of likely N-dealkylation sites (tertiary alicyclic amines) is 2. The molecule has 0 unspecified atom stereocenters. The number of aryl methyl sites for hydroxylation is 2. The van der Waals surface area contributed by atoms with Crippen LogP contribution in [0.1, 0.15) is 55.0 Å². The van der Waals surface area contributed by atoms with Gasteiger partial charge < -0.3 is 15.1 Å². The van der Waals surface area contributed by atoms with Crippen LogP contribution in [0.5, 0.6) is 0 Å². The Kier molecular flexibility index (Phi) is 5.99. The molecule has 9 heteroatoms. The molecule has 2 aromatic heterocycles. The van der Waals surface area contributed by atoms with Crippen molar-refractivity contribution < 1.29 is 9.59 Å². The summed E-state index contributed by atoms with van der Waals surface area (Å²) in [6, 6.07) is 1.92. The minimum Gasteiger partial charge on any atom is -0.343 e. The summed E-state index contributed by atoms with van der Waals surface area (Å²) in [6.07, 6.45) is 5.18. The number of amides is 2. The number of thiazole rings is 1. The van der Waals surface area contributed by atoms with Gasteiger partial charge in [0.2, 0.25) is 11.8 Å². The lowest BCUT2D eigenvalue weighted by Crippen LogP contribution is -2.43. The van der Waals surface area contributed by atoms with Crippen LogP contribution in [0.3, 0.4) is 0 Å². The number of piperidine rings is 1. The van der Waals surface area contributed by atoms with Crippen LogP contribution in [0.15, 0.2) is 12.3 Å². The van der Waals surface area contributed by atoms with Crippen molar-refractivity contribution in [2.24, 2.45) is 5.92 Å². The molecule has 2 aliphatic rings. The van der Waals surface area contributed by atoms with Gasteiger partial charge in [0.25, 0.3) is 0 Å². The van der Waals surface area contributed by atoms with E-state index in [0.29, 0.717) is 24.7 Å². The fourth-order valence-electron chi connectivity index (χ4n) is 4.36. The van der Waals surface area contributed by atoms with E-state index < -0.39 is 0 Å². The molecular formula is C21H28N6O2S. The van der Waals surface area contributed by atoms with Crippen molar-refractivity contribution in [3.8, 4) is 0 Å². The molecule has 0 radical (unpaired) electrons. The minimum atomic E-state index is -0.0244. The maximum absolute atomic E-state index is 13.3. The Morgan fingerprint density at radius 1 is 1.13 bits per heavy atom. The highest BCUT2D eigenvalue weighted by Gasteiger charge is 2.36. The molecule has 4 rings (SSSR count). The summed E-state index contributed by atoms with van der Waals surface area (Å²) in [5.41, 5.74) is 0.880. The Bertz CT molecular complexity index is 937. The van der Waals surface area contributed by atoms with Gasteiger partial charge in [-0.2, -0.15) is 0 Å². The molecule has 0 aliphatic carbocycles. The van der Waals surface area contributed by atoms with Crippen molar-refractivity contribution >= 4 is 34.1 Å². The van der Waals surface area contributed by atoms with Crippen molar-refractivity contribution in [1.29, 1.82) is 0 Å². The summed E-state index contributed by atoms with van der Waals surface area (Å²) < 4.78 is 0. The Labute approximate surface area is 180 Å². The first-order valence-corrected chi connectivity index (χ1v) is 11.3. The summed E-state index contributed by atoms with van der Waals surface area (Å²) in [4.78, 5) is 43.3. The zero-order valence-corrected chi connectivity index (χ0v) is 18.5. The summed E-state index contributed by atoms with van der Waals surface area (Å²) in [5, 5.41) is 4.07. The summed E-state index contributed by atoms with van der Waals surface area (Å²) in [5.74, 6) is 1.66. The zero-order valence-electron chi connectivity index (χ0n) is 17.7. The third kappa shape index (κ3) is 4.45. The molecular weight excluding hydrogens is 400 g/mol. The van der Waals surface area contributed by atoms with Crippen LogP contribution in [0.4, 0.5) is 10.9 Å². The molecule has 4 heterocycles. The number of rotatable bonds is 4. The third-order valence-corrected chi connectivity index (χ3v) is 6.71. The molecule has 8 nitrogen and oxygen atoms in total. The van der Waals surface area contributed by atoms with E-state index in [1.165, 1.54) is 0 Å². The van der Waals surface area contributed by atoms with Crippen LogP contribution < -0.4 is 5.32 Å². The maximum Gasteiger partial charge on any atom is 0.226 e. The largest absolute Gasteiger partial charge is 0.343 e. The first-order chi connectivity index (χ1) is 14.4. The molecule has 0 saturated carbocycles. The second-order valence-electron chi connectivity index (χ2n) is 8.10. The van der Waals surface area contributed by atoms with Gasteiger partial charge in [-0.3, -0.25) is 9.59 Å². The number of hydrogen-bond donors (Lipinski definition) is 1. The Morgan fingerprint density at radius 2 is 1.90 bits per heavy atom. The molecule has 0 aromatic carbocycles. The lowest BCUT2D eigenvalue weighted by atomic mass is 9.94. The van der Waals surface area contributed by atoms with Crippen LogP contribution in [0.25, 0.3) is 0 Å². The molecule has 30 heavy (non-hydrogen) atoms. The molecule has 1 N–H and O–H groups in total. The van der Waals surface area contributed by atoms with Gasteiger partial charge >= 0.3 is 0 Å². The number of carbonyl (C=O) groups excluding carboxylic acids is 2. The van der Waals surface area contributed by atoms with E-state index >= 15 is 0 Å². The molecule has 2 amide bonds. The van der Waals surface area contributed by atoms with Crippen LogP contribution >= 0.6 is 11.3 Å². The number of hydrogen-bond acceptors (Lipinski definition) is 7. The first-order valence-electron chi connectivity index (χ1n) is 10.5. The van der Waals surface area contributed by atoms with E-state index in [1.807, 2.05) is 35.9 Å². The minimum absolute atomic E-state index is 0.0139. The molecule has 2 saturated heterocycles. The van der Waals surface area contributed by atoms with E-state index in [4.69, 9.17) is 0 Å². The van der Waals surface area contributed by atoms with Gasteiger partial charge in [-0.25, -0.2) is 15.0 Å². The molecule has 0 bridgehead atoms. The van der Waals surface area contributed by atoms with Crippen molar-refractivity contribution in [2.75, 3.05) is 25.0 Å². The van der Waals surface area contributed by atoms with E-state index in [0.717, 1.165) is 47.9 Å². The number of nitrogens with one attached hydrogen (secondary N) is 1. The predicted octanol–water partition coefficient (Wildman–Crippen LogP) is 3.22. The summed E-state index contributed by atoms with van der Waals surface area (Å²) >= 11 is 1.58. The van der Waals surface area contributed by atoms with Gasteiger partial charge in [0.1, 0.15) is 11.6 Å². The smallest absolute Gasteiger partial charge is 0.226 e. The molecule has 2 aromatic rings. The van der Waals surface area contributed by atoms with Crippen molar-refractivity contribution in [1.82, 2.24) is 24.8 Å². The van der Waals surface area contributed by atoms with Gasteiger partial charge in [-0.15, -0.1) is 11.3 Å². The van der Waals surface area contributed by atoms with E-state index in [9.17, 15) is 9.59 Å². The Balaban J connectivity index is 1.49. The van der Waals surface area contributed by atoms with Crippen molar-refractivity contribution in [3.63, 3.8) is 0 Å². The second kappa shape index (κ2) is 8.67. The summed E-state index contributed by atoms with van der Waals surface area (Å²) in [6.45, 7) is 7.57. The standard InChI is InChI=1S/C21H28N6O2S/c1-13-12-22-21(30-13)25-19-11-17(23-14(2)24-19)18-5-4-8-27(18)20(29)16-6-9-26(10-7-16)15(3)28/h11-12,16,18H,4-10H2,1-3H3,(H,22,23,24,25)/t18-/m1/s1. The van der Waals surface area contributed by atoms with Crippen LogP contribution in [0.2, 0.25) is 0 Å². The Hall–Kier alpha value is -2.55. The van der Waals surface area contributed by atoms with E-state index in [-0.39, 0.29) is 23.8 Å². The highest BCUT2D eigenvalue weighted by atomic mass is 32.1. The van der Waals surface area contributed by atoms with Gasteiger partial charge in [0.05, 0.1) is 11.7 Å². The predicted molar refractivity (Wildman–Crippen MR) is 116 cm³/mol. The van der Waals surface area contributed by atoms with Gasteiger partial charge in [0.15, 0.2) is 5.13 Å². The number of carbonyl (C=O) groups is 2. The SMILES string of the molecule is CC(=O)N1CCC(C(=O)N2CCC[C@@H]2c2cc(Nc3ncc(C)s3)nc(C)n2)CC1. The highest BCUT2D eigenvalue weighted by Crippen LogP contribution is 2.35. The monoisotopic (exact) mass is 428 g/mol. The molecule has 160 valence electrons. The topological polar surface area (TPSA) is 91.3 Å². The van der Waals surface area contributed by atoms with E-state index in [1.54, 1.807) is 18.3 Å². The van der Waals surface area contributed by atoms with Crippen LogP contribution in [-0.4, -0.2) is 56.2 Å². The molecule has 1 atom stereocenters. The van der Waals surface area contributed by atoms with Gasteiger partial charge in [-0.1, -0.05) is 0 Å². The quantitative estimate of drug-likeness (QED) is 0.804.